The van der Waals surface area contributed by atoms with Gasteiger partial charge in [0.25, 0.3) is 0 Å². The first-order valence-electron chi connectivity index (χ1n) is 11.8. The molecule has 4 aromatic carbocycles. The standard InChI is InChI=1S/C29H29N3O2S/c1-30-26-13-9-11-24(21-26)23-10-8-12-25(20-23)29-22-31(35(33,34)28-16-6-3-7-17-28)18-19-32(29)27-14-4-2-5-15-27/h2-17,20-21,29-30H,18-19,22H2,1H3. The molecule has 0 saturated carbocycles. The van der Waals surface area contributed by atoms with Crippen LogP contribution >= 0.6 is 0 Å². The van der Waals surface area contributed by atoms with Crippen LogP contribution in [0.1, 0.15) is 11.6 Å². The molecule has 0 radical (unpaired) electrons. The summed E-state index contributed by atoms with van der Waals surface area (Å²) < 4.78 is 28.6. The molecule has 1 heterocycles. The molecule has 0 aromatic heterocycles. The summed E-state index contributed by atoms with van der Waals surface area (Å²) in [7, 11) is -1.67. The van der Waals surface area contributed by atoms with Gasteiger partial charge in [0.1, 0.15) is 0 Å². The Morgan fingerprint density at radius 2 is 1.40 bits per heavy atom. The molecule has 1 N–H and O–H groups in total. The van der Waals surface area contributed by atoms with Gasteiger partial charge < -0.3 is 10.2 Å². The number of piperazine rings is 1. The monoisotopic (exact) mass is 483 g/mol. The first-order chi connectivity index (χ1) is 17.1. The lowest BCUT2D eigenvalue weighted by Crippen LogP contribution is -2.50. The molecule has 0 spiro atoms. The third-order valence-electron chi connectivity index (χ3n) is 6.57. The second-order valence-corrected chi connectivity index (χ2v) is 10.6. The summed E-state index contributed by atoms with van der Waals surface area (Å²) in [4.78, 5) is 2.66. The summed E-state index contributed by atoms with van der Waals surface area (Å²) in [6.07, 6.45) is 0. The molecule has 0 aliphatic carbocycles. The van der Waals surface area contributed by atoms with E-state index in [0.29, 0.717) is 24.5 Å². The van der Waals surface area contributed by atoms with Crippen molar-refractivity contribution < 1.29 is 8.42 Å². The number of nitrogens with zero attached hydrogens (tertiary/aromatic N) is 2. The van der Waals surface area contributed by atoms with Gasteiger partial charge in [-0.15, -0.1) is 0 Å². The molecule has 1 unspecified atom stereocenters. The maximum atomic E-state index is 13.5. The van der Waals surface area contributed by atoms with Crippen molar-refractivity contribution in [3.05, 3.63) is 115 Å². The molecule has 0 bridgehead atoms. The molecule has 5 nitrogen and oxygen atoms in total. The van der Waals surface area contributed by atoms with Crippen molar-refractivity contribution in [3.8, 4) is 11.1 Å². The highest BCUT2D eigenvalue weighted by molar-refractivity contribution is 7.89. The lowest BCUT2D eigenvalue weighted by atomic mass is 9.97. The zero-order chi connectivity index (χ0) is 24.3. The fourth-order valence-corrected chi connectivity index (χ4v) is 6.17. The van der Waals surface area contributed by atoms with Gasteiger partial charge in [-0.1, -0.05) is 66.7 Å². The molecule has 1 fully saturated rings. The Balaban J connectivity index is 1.53. The van der Waals surface area contributed by atoms with E-state index in [2.05, 4.69) is 58.7 Å². The number of sulfonamides is 1. The highest BCUT2D eigenvalue weighted by Crippen LogP contribution is 2.35. The minimum Gasteiger partial charge on any atom is -0.388 e. The van der Waals surface area contributed by atoms with Crippen LogP contribution in [0, 0.1) is 0 Å². The van der Waals surface area contributed by atoms with Gasteiger partial charge in [0, 0.05) is 38.1 Å². The van der Waals surface area contributed by atoms with Crippen LogP contribution in [0.2, 0.25) is 0 Å². The van der Waals surface area contributed by atoms with Crippen LogP contribution in [0.25, 0.3) is 11.1 Å². The number of rotatable bonds is 6. The van der Waals surface area contributed by atoms with Crippen LogP contribution < -0.4 is 10.2 Å². The molecule has 1 aliphatic heterocycles. The second-order valence-electron chi connectivity index (χ2n) is 8.68. The van der Waals surface area contributed by atoms with Crippen molar-refractivity contribution >= 4 is 21.4 Å². The van der Waals surface area contributed by atoms with Gasteiger partial charge in [-0.2, -0.15) is 4.31 Å². The Kier molecular flexibility index (Phi) is 6.57. The Morgan fingerprint density at radius 1 is 0.743 bits per heavy atom. The predicted molar refractivity (Wildman–Crippen MR) is 143 cm³/mol. The number of benzene rings is 4. The third-order valence-corrected chi connectivity index (χ3v) is 8.45. The van der Waals surface area contributed by atoms with Crippen molar-refractivity contribution in [1.29, 1.82) is 0 Å². The summed E-state index contributed by atoms with van der Waals surface area (Å²) >= 11 is 0. The topological polar surface area (TPSA) is 52.7 Å². The summed E-state index contributed by atoms with van der Waals surface area (Å²) in [5.41, 5.74) is 5.47. The van der Waals surface area contributed by atoms with Crippen molar-refractivity contribution in [2.75, 3.05) is 36.9 Å². The maximum absolute atomic E-state index is 13.5. The number of para-hydroxylation sites is 1. The smallest absolute Gasteiger partial charge is 0.243 e. The van der Waals surface area contributed by atoms with Gasteiger partial charge >= 0.3 is 0 Å². The van der Waals surface area contributed by atoms with E-state index < -0.39 is 10.0 Å². The summed E-state index contributed by atoms with van der Waals surface area (Å²) in [6.45, 7) is 1.43. The van der Waals surface area contributed by atoms with Gasteiger partial charge in [-0.05, 0) is 59.2 Å². The molecule has 1 saturated heterocycles. The number of hydrogen-bond acceptors (Lipinski definition) is 4. The Labute approximate surface area is 207 Å². The lowest BCUT2D eigenvalue weighted by Gasteiger charge is -2.42. The maximum Gasteiger partial charge on any atom is 0.243 e. The van der Waals surface area contributed by atoms with E-state index in [1.54, 1.807) is 28.6 Å². The molecule has 1 aliphatic rings. The van der Waals surface area contributed by atoms with Crippen LogP contribution in [0.3, 0.4) is 0 Å². The van der Waals surface area contributed by atoms with E-state index in [0.717, 1.165) is 28.1 Å². The summed E-state index contributed by atoms with van der Waals surface area (Å²) in [6, 6.07) is 35.6. The number of anilines is 2. The third kappa shape index (κ3) is 4.81. The van der Waals surface area contributed by atoms with Gasteiger partial charge in [0.05, 0.1) is 10.9 Å². The quantitative estimate of drug-likeness (QED) is 0.385. The average molecular weight is 484 g/mol. The van der Waals surface area contributed by atoms with Crippen LogP contribution in [-0.2, 0) is 10.0 Å². The summed E-state index contributed by atoms with van der Waals surface area (Å²) in [5.74, 6) is 0. The minimum atomic E-state index is -3.58. The lowest BCUT2D eigenvalue weighted by molar-refractivity contribution is 0.335. The van der Waals surface area contributed by atoms with Crippen LogP contribution in [0.4, 0.5) is 11.4 Å². The van der Waals surface area contributed by atoms with E-state index in [-0.39, 0.29) is 6.04 Å². The first kappa shape index (κ1) is 23.1. The molecule has 178 valence electrons. The van der Waals surface area contributed by atoms with E-state index in [1.165, 1.54) is 0 Å². The molecule has 6 heteroatoms. The normalized spacial score (nSPS) is 16.7. The molecule has 1 atom stereocenters. The van der Waals surface area contributed by atoms with E-state index in [9.17, 15) is 8.42 Å². The molecule has 0 amide bonds. The van der Waals surface area contributed by atoms with E-state index >= 15 is 0 Å². The van der Waals surface area contributed by atoms with E-state index in [4.69, 9.17) is 0 Å². The highest BCUT2D eigenvalue weighted by Gasteiger charge is 2.35. The minimum absolute atomic E-state index is 0.114. The number of nitrogens with one attached hydrogen (secondary N) is 1. The summed E-state index contributed by atoms with van der Waals surface area (Å²) in [5, 5.41) is 3.20. The highest BCUT2D eigenvalue weighted by atomic mass is 32.2. The van der Waals surface area contributed by atoms with Gasteiger partial charge in [-0.25, -0.2) is 8.42 Å². The molecular weight excluding hydrogens is 454 g/mol. The second kappa shape index (κ2) is 9.94. The first-order valence-corrected chi connectivity index (χ1v) is 13.3. The van der Waals surface area contributed by atoms with Crippen molar-refractivity contribution in [3.63, 3.8) is 0 Å². The van der Waals surface area contributed by atoms with Crippen LogP contribution in [-0.4, -0.2) is 39.4 Å². The van der Waals surface area contributed by atoms with E-state index in [1.807, 2.05) is 43.4 Å². The molecule has 5 rings (SSSR count). The zero-order valence-corrected chi connectivity index (χ0v) is 20.5. The van der Waals surface area contributed by atoms with Crippen molar-refractivity contribution in [2.45, 2.75) is 10.9 Å². The molecule has 35 heavy (non-hydrogen) atoms. The van der Waals surface area contributed by atoms with Crippen molar-refractivity contribution in [1.82, 2.24) is 4.31 Å². The molecular formula is C29H29N3O2S. The largest absolute Gasteiger partial charge is 0.388 e. The average Bonchev–Trinajstić information content (AvgIpc) is 2.94. The zero-order valence-electron chi connectivity index (χ0n) is 19.7. The van der Waals surface area contributed by atoms with Crippen LogP contribution in [0.5, 0.6) is 0 Å². The van der Waals surface area contributed by atoms with Gasteiger partial charge in [0.15, 0.2) is 0 Å². The van der Waals surface area contributed by atoms with Crippen LogP contribution in [0.15, 0.2) is 114 Å². The van der Waals surface area contributed by atoms with Gasteiger partial charge in [0.2, 0.25) is 10.0 Å². The fraction of sp³-hybridized carbons (Fsp3) is 0.172. The fourth-order valence-electron chi connectivity index (χ4n) is 4.71. The predicted octanol–water partition coefficient (Wildman–Crippen LogP) is 5.65. The SMILES string of the molecule is CNc1cccc(-c2cccc(C3CN(S(=O)(=O)c4ccccc4)CCN3c3ccccc3)c2)c1. The van der Waals surface area contributed by atoms with Gasteiger partial charge in [-0.3, -0.25) is 0 Å². The van der Waals surface area contributed by atoms with Crippen molar-refractivity contribution in [2.24, 2.45) is 0 Å². The Bertz CT molecular complexity index is 1390. The Hall–Kier alpha value is -3.61. The Morgan fingerprint density at radius 3 is 2.11 bits per heavy atom. The molecule has 4 aromatic rings. The number of hydrogen-bond donors (Lipinski definition) is 1.